The molecule has 2 atom stereocenters. The summed E-state index contributed by atoms with van der Waals surface area (Å²) in [4.78, 5) is 0. The Morgan fingerprint density at radius 3 is 2.18 bits per heavy atom. The molecule has 0 aliphatic heterocycles. The molecule has 4 nitrogen and oxygen atoms in total. The molecule has 0 aromatic heterocycles. The van der Waals surface area contributed by atoms with Gasteiger partial charge in [-0.2, -0.15) is 0 Å². The Hall–Kier alpha value is 0.870. The van der Waals surface area contributed by atoms with Crippen molar-refractivity contribution in [3.8, 4) is 0 Å². The molecule has 17 heavy (non-hydrogen) atoms. The van der Waals surface area contributed by atoms with Gasteiger partial charge < -0.3 is 9.66 Å². The van der Waals surface area contributed by atoms with Crippen LogP contribution in [0.1, 0.15) is 58.8 Å². The number of unbranched alkanes of at least 4 members (excludes halogenated alkanes) is 3. The van der Waals surface area contributed by atoms with Gasteiger partial charge in [-0.1, -0.05) is 32.6 Å². The molecule has 0 spiro atoms. The summed E-state index contributed by atoms with van der Waals surface area (Å²) in [6, 6.07) is 0. The first kappa shape index (κ1) is 20.2. The normalized spacial score (nSPS) is 15.1. The molecular weight excluding hydrogens is 251 g/mol. The molecule has 0 radical (unpaired) electrons. The number of hydrogen-bond donors (Lipinski definition) is 1. The minimum atomic E-state index is -4.19. The first-order valence-electron chi connectivity index (χ1n) is 6.00. The van der Waals surface area contributed by atoms with Crippen molar-refractivity contribution >= 4 is 10.1 Å². The molecule has 0 aromatic carbocycles. The molecule has 0 saturated carbocycles. The van der Waals surface area contributed by atoms with Gasteiger partial charge in [-0.3, -0.25) is 0 Å². The minimum absolute atomic E-state index is 0. The predicted molar refractivity (Wildman–Crippen MR) is 63.2 cm³/mol. The Morgan fingerprint density at radius 1 is 1.12 bits per heavy atom. The maximum absolute atomic E-state index is 10.6. The fourth-order valence-corrected chi connectivity index (χ4v) is 1.95. The minimum Gasteiger partial charge on any atom is -0.748 e. The van der Waals surface area contributed by atoms with Gasteiger partial charge in [0.25, 0.3) is 0 Å². The summed E-state index contributed by atoms with van der Waals surface area (Å²) in [6.45, 7) is 3.52. The van der Waals surface area contributed by atoms with E-state index in [0.29, 0.717) is 12.8 Å². The maximum Gasteiger partial charge on any atom is 1.00 e. The van der Waals surface area contributed by atoms with Crippen LogP contribution in [0.4, 0.5) is 0 Å². The molecule has 98 valence electrons. The van der Waals surface area contributed by atoms with Crippen molar-refractivity contribution in [2.45, 2.75) is 70.1 Å². The largest absolute Gasteiger partial charge is 1.00 e. The zero-order chi connectivity index (χ0) is 12.6. The molecule has 0 fully saturated rings. The second-order valence-electron chi connectivity index (χ2n) is 4.38. The zero-order valence-corrected chi connectivity index (χ0v) is 14.0. The first-order valence-corrected chi connectivity index (χ1v) is 7.47. The van der Waals surface area contributed by atoms with E-state index < -0.39 is 21.5 Å². The average Bonchev–Trinajstić information content (AvgIpc) is 2.19. The summed E-state index contributed by atoms with van der Waals surface area (Å²) in [6.07, 6.45) is 5.26. The van der Waals surface area contributed by atoms with Gasteiger partial charge in [0, 0.05) is 5.25 Å². The van der Waals surface area contributed by atoms with Gasteiger partial charge in [-0.15, -0.1) is 0 Å². The quantitative estimate of drug-likeness (QED) is 0.333. The van der Waals surface area contributed by atoms with Crippen molar-refractivity contribution in [2.24, 2.45) is 0 Å². The Balaban J connectivity index is 0. The van der Waals surface area contributed by atoms with Gasteiger partial charge in [-0.05, 0) is 26.2 Å². The van der Waals surface area contributed by atoms with E-state index in [-0.39, 0.29) is 36.0 Å². The van der Waals surface area contributed by atoms with E-state index >= 15 is 0 Å². The SMILES string of the molecule is CCCCCCC(O)CCC(C)S(=O)(=O)[O-].[Na+]. The van der Waals surface area contributed by atoms with E-state index in [1.807, 2.05) is 0 Å². The molecular formula is C11H23NaO4S. The van der Waals surface area contributed by atoms with Crippen LogP contribution in [0.2, 0.25) is 0 Å². The van der Waals surface area contributed by atoms with Crippen LogP contribution in [0.3, 0.4) is 0 Å². The van der Waals surface area contributed by atoms with Crippen LogP contribution in [0.5, 0.6) is 0 Å². The van der Waals surface area contributed by atoms with E-state index in [0.717, 1.165) is 25.7 Å². The molecule has 0 aliphatic rings. The Bertz CT molecular complexity index is 267. The van der Waals surface area contributed by atoms with E-state index in [1.54, 1.807) is 0 Å². The van der Waals surface area contributed by atoms with Gasteiger partial charge in [0.15, 0.2) is 0 Å². The second-order valence-corrected chi connectivity index (χ2v) is 6.17. The van der Waals surface area contributed by atoms with E-state index in [4.69, 9.17) is 0 Å². The third-order valence-electron chi connectivity index (χ3n) is 2.79. The molecule has 0 aromatic rings. The van der Waals surface area contributed by atoms with Crippen LogP contribution >= 0.6 is 0 Å². The van der Waals surface area contributed by atoms with Crippen molar-refractivity contribution in [3.63, 3.8) is 0 Å². The Morgan fingerprint density at radius 2 is 1.71 bits per heavy atom. The summed E-state index contributed by atoms with van der Waals surface area (Å²) < 4.78 is 31.8. The molecule has 0 heterocycles. The molecule has 0 rings (SSSR count). The summed E-state index contributed by atoms with van der Waals surface area (Å²) >= 11 is 0. The van der Waals surface area contributed by atoms with Crippen LogP contribution in [0.25, 0.3) is 0 Å². The Labute approximate surface area is 127 Å². The molecule has 2 unspecified atom stereocenters. The maximum atomic E-state index is 10.6. The van der Waals surface area contributed by atoms with Crippen LogP contribution in [-0.2, 0) is 10.1 Å². The fraction of sp³-hybridized carbons (Fsp3) is 1.00. The smallest absolute Gasteiger partial charge is 0.748 e. The number of aliphatic hydroxyl groups is 1. The molecule has 0 amide bonds. The number of rotatable bonds is 9. The third-order valence-corrected chi connectivity index (χ3v) is 4.01. The van der Waals surface area contributed by atoms with Gasteiger partial charge >= 0.3 is 29.6 Å². The summed E-state index contributed by atoms with van der Waals surface area (Å²) in [5, 5.41) is 8.68. The molecule has 6 heteroatoms. The summed E-state index contributed by atoms with van der Waals surface area (Å²) in [5.41, 5.74) is 0. The topological polar surface area (TPSA) is 77.4 Å². The van der Waals surface area contributed by atoms with Crippen LogP contribution in [-0.4, -0.2) is 29.4 Å². The van der Waals surface area contributed by atoms with E-state index in [1.165, 1.54) is 6.92 Å². The molecule has 0 saturated heterocycles. The first-order chi connectivity index (χ1) is 7.38. The summed E-state index contributed by atoms with van der Waals surface area (Å²) in [7, 11) is -4.19. The van der Waals surface area contributed by atoms with Crippen molar-refractivity contribution in [3.05, 3.63) is 0 Å². The zero-order valence-electron chi connectivity index (χ0n) is 11.2. The molecule has 0 bridgehead atoms. The second kappa shape index (κ2) is 10.8. The van der Waals surface area contributed by atoms with Crippen molar-refractivity contribution in [1.82, 2.24) is 0 Å². The van der Waals surface area contributed by atoms with E-state index in [9.17, 15) is 18.1 Å². The molecule has 1 N–H and O–H groups in total. The fourth-order valence-electron chi connectivity index (χ4n) is 1.52. The van der Waals surface area contributed by atoms with Gasteiger partial charge in [0.2, 0.25) is 0 Å². The third kappa shape index (κ3) is 11.7. The van der Waals surface area contributed by atoms with Crippen molar-refractivity contribution < 1.29 is 47.6 Å². The summed E-state index contributed by atoms with van der Waals surface area (Å²) in [5.74, 6) is 0. The molecule has 0 aliphatic carbocycles. The van der Waals surface area contributed by atoms with Gasteiger partial charge in [-0.25, -0.2) is 8.42 Å². The Kier molecular flexibility index (Phi) is 12.8. The predicted octanol–water partition coefficient (Wildman–Crippen LogP) is -0.964. The van der Waals surface area contributed by atoms with Crippen LogP contribution in [0, 0.1) is 0 Å². The monoisotopic (exact) mass is 274 g/mol. The van der Waals surface area contributed by atoms with Gasteiger partial charge in [0.1, 0.15) is 0 Å². The van der Waals surface area contributed by atoms with Crippen molar-refractivity contribution in [1.29, 1.82) is 0 Å². The van der Waals surface area contributed by atoms with Crippen LogP contribution in [0.15, 0.2) is 0 Å². The standard InChI is InChI=1S/C11H24O4S.Na/c1-3-4-5-6-7-11(12)9-8-10(2)16(13,14)15;/h10-12H,3-9H2,1-2H3,(H,13,14,15);/q;+1/p-1. The van der Waals surface area contributed by atoms with E-state index in [2.05, 4.69) is 6.92 Å². The van der Waals surface area contributed by atoms with Crippen molar-refractivity contribution in [2.75, 3.05) is 0 Å². The number of hydrogen-bond acceptors (Lipinski definition) is 4. The average molecular weight is 274 g/mol. The van der Waals surface area contributed by atoms with Gasteiger partial charge in [0.05, 0.1) is 16.2 Å². The van der Waals surface area contributed by atoms with Crippen LogP contribution < -0.4 is 29.6 Å². The number of aliphatic hydroxyl groups excluding tert-OH is 1.